The lowest BCUT2D eigenvalue weighted by Gasteiger charge is -2.10. The zero-order valence-corrected chi connectivity index (χ0v) is 13.5. The van der Waals surface area contributed by atoms with Gasteiger partial charge in [-0.1, -0.05) is 0 Å². The molecule has 0 unspecified atom stereocenters. The van der Waals surface area contributed by atoms with Gasteiger partial charge in [-0.15, -0.1) is 11.3 Å². The third kappa shape index (κ3) is 3.72. The van der Waals surface area contributed by atoms with Gasteiger partial charge in [0.05, 0.1) is 25.7 Å². The molecular weight excluding hydrogens is 312 g/mol. The predicted octanol–water partition coefficient (Wildman–Crippen LogP) is 1.95. The first-order valence-corrected chi connectivity index (χ1v) is 8.39. The van der Waals surface area contributed by atoms with E-state index >= 15 is 0 Å². The molecule has 21 heavy (non-hydrogen) atoms. The number of methoxy groups -OCH3 is 2. The molecule has 6 nitrogen and oxygen atoms in total. The molecule has 0 amide bonds. The van der Waals surface area contributed by atoms with E-state index in [-0.39, 0.29) is 11.4 Å². The van der Waals surface area contributed by atoms with E-state index < -0.39 is 10.0 Å². The van der Waals surface area contributed by atoms with Gasteiger partial charge in [-0.05, 0) is 19.1 Å². The van der Waals surface area contributed by atoms with Gasteiger partial charge in [-0.2, -0.15) is 0 Å². The minimum absolute atomic E-state index is 0.119. The predicted molar refractivity (Wildman–Crippen MR) is 80.4 cm³/mol. The van der Waals surface area contributed by atoms with Crippen molar-refractivity contribution in [1.29, 1.82) is 0 Å². The average Bonchev–Trinajstić information content (AvgIpc) is 2.90. The summed E-state index contributed by atoms with van der Waals surface area (Å²) in [6, 6.07) is 4.45. The Morgan fingerprint density at radius 2 is 1.95 bits per heavy atom. The van der Waals surface area contributed by atoms with Crippen molar-refractivity contribution in [2.75, 3.05) is 14.2 Å². The number of ether oxygens (including phenoxy) is 2. The van der Waals surface area contributed by atoms with Crippen LogP contribution in [0.25, 0.3) is 0 Å². The van der Waals surface area contributed by atoms with Crippen LogP contribution >= 0.6 is 11.3 Å². The van der Waals surface area contributed by atoms with E-state index in [2.05, 4.69) is 9.71 Å². The van der Waals surface area contributed by atoms with Crippen molar-refractivity contribution in [3.05, 3.63) is 34.3 Å². The molecule has 0 bridgehead atoms. The molecular formula is C13H16N2O4S2. The van der Waals surface area contributed by atoms with E-state index in [4.69, 9.17) is 9.47 Å². The van der Waals surface area contributed by atoms with Gasteiger partial charge in [0.25, 0.3) is 0 Å². The molecule has 0 atom stereocenters. The maximum absolute atomic E-state index is 12.2. The lowest BCUT2D eigenvalue weighted by molar-refractivity contribution is 0.354. The van der Waals surface area contributed by atoms with Gasteiger partial charge in [0, 0.05) is 17.1 Å². The van der Waals surface area contributed by atoms with Crippen LogP contribution in [0.15, 0.2) is 29.3 Å². The lowest BCUT2D eigenvalue weighted by Crippen LogP contribution is -2.23. The highest BCUT2D eigenvalue weighted by molar-refractivity contribution is 7.89. The molecule has 0 aliphatic heterocycles. The number of sulfonamides is 1. The molecule has 8 heteroatoms. The highest BCUT2D eigenvalue weighted by Crippen LogP contribution is 2.29. The van der Waals surface area contributed by atoms with Crippen LogP contribution < -0.4 is 14.2 Å². The van der Waals surface area contributed by atoms with Gasteiger partial charge < -0.3 is 9.47 Å². The summed E-state index contributed by atoms with van der Waals surface area (Å²) in [4.78, 5) is 5.28. The molecule has 0 saturated heterocycles. The second-order valence-corrected chi connectivity index (χ2v) is 7.29. The number of aromatic nitrogens is 1. The van der Waals surface area contributed by atoms with Crippen molar-refractivity contribution in [3.8, 4) is 11.5 Å². The Kier molecular flexibility index (Phi) is 4.81. The SMILES string of the molecule is COc1ccc(S(=O)(=O)NCc2ncc(C)s2)cc1OC. The quantitative estimate of drug-likeness (QED) is 0.877. The van der Waals surface area contributed by atoms with E-state index in [9.17, 15) is 8.42 Å². The summed E-state index contributed by atoms with van der Waals surface area (Å²) in [5.41, 5.74) is 0. The first kappa shape index (κ1) is 15.7. The summed E-state index contributed by atoms with van der Waals surface area (Å²) in [7, 11) is -0.672. The fourth-order valence-electron chi connectivity index (χ4n) is 1.71. The van der Waals surface area contributed by atoms with Crippen LogP contribution in [0.2, 0.25) is 0 Å². The fourth-order valence-corrected chi connectivity index (χ4v) is 3.53. The van der Waals surface area contributed by atoms with E-state index in [1.807, 2.05) is 6.92 Å². The number of aryl methyl sites for hydroxylation is 1. The topological polar surface area (TPSA) is 77.5 Å². The highest BCUT2D eigenvalue weighted by atomic mass is 32.2. The first-order valence-electron chi connectivity index (χ1n) is 6.09. The molecule has 2 aromatic rings. The minimum atomic E-state index is -3.63. The summed E-state index contributed by atoms with van der Waals surface area (Å²) in [5.74, 6) is 0.845. The molecule has 1 aromatic carbocycles. The number of hydrogen-bond donors (Lipinski definition) is 1. The van der Waals surface area contributed by atoms with Gasteiger partial charge in [0.2, 0.25) is 10.0 Å². The number of nitrogens with one attached hydrogen (secondary N) is 1. The smallest absolute Gasteiger partial charge is 0.241 e. The maximum Gasteiger partial charge on any atom is 0.241 e. The molecule has 0 aliphatic rings. The Balaban J connectivity index is 2.19. The minimum Gasteiger partial charge on any atom is -0.493 e. The van der Waals surface area contributed by atoms with Crippen molar-refractivity contribution in [1.82, 2.24) is 9.71 Å². The normalized spacial score (nSPS) is 11.4. The summed E-state index contributed by atoms with van der Waals surface area (Å²) in [6.07, 6.45) is 1.71. The fraction of sp³-hybridized carbons (Fsp3) is 0.308. The highest BCUT2D eigenvalue weighted by Gasteiger charge is 2.17. The van der Waals surface area contributed by atoms with Crippen LogP contribution in [0, 0.1) is 6.92 Å². The Morgan fingerprint density at radius 1 is 1.24 bits per heavy atom. The molecule has 0 aliphatic carbocycles. The molecule has 1 aromatic heterocycles. The standard InChI is InChI=1S/C13H16N2O4S2/c1-9-7-14-13(20-9)8-15-21(16,17)10-4-5-11(18-2)12(6-10)19-3/h4-7,15H,8H2,1-3H3. The number of nitrogens with zero attached hydrogens (tertiary/aromatic N) is 1. The summed E-state index contributed by atoms with van der Waals surface area (Å²) < 4.78 is 37.2. The molecule has 0 saturated carbocycles. The van der Waals surface area contributed by atoms with Crippen LogP contribution in [0.3, 0.4) is 0 Å². The van der Waals surface area contributed by atoms with E-state index in [0.29, 0.717) is 11.5 Å². The van der Waals surface area contributed by atoms with Gasteiger partial charge in [-0.3, -0.25) is 0 Å². The Labute approximate surface area is 127 Å². The Hall–Kier alpha value is -1.64. The number of benzene rings is 1. The maximum atomic E-state index is 12.2. The molecule has 1 N–H and O–H groups in total. The molecule has 2 rings (SSSR count). The van der Waals surface area contributed by atoms with Crippen molar-refractivity contribution in [3.63, 3.8) is 0 Å². The molecule has 0 radical (unpaired) electrons. The van der Waals surface area contributed by atoms with E-state index in [1.54, 1.807) is 12.3 Å². The lowest BCUT2D eigenvalue weighted by atomic mass is 10.3. The summed E-state index contributed by atoms with van der Waals surface area (Å²) >= 11 is 1.45. The number of rotatable bonds is 6. The van der Waals surface area contributed by atoms with Gasteiger partial charge in [0.1, 0.15) is 5.01 Å². The second kappa shape index (κ2) is 6.42. The van der Waals surface area contributed by atoms with Crippen LogP contribution in [0.1, 0.15) is 9.88 Å². The van der Waals surface area contributed by atoms with Crippen molar-refractivity contribution in [2.45, 2.75) is 18.4 Å². The van der Waals surface area contributed by atoms with Gasteiger partial charge in [-0.25, -0.2) is 18.1 Å². The van der Waals surface area contributed by atoms with Gasteiger partial charge in [0.15, 0.2) is 11.5 Å². The zero-order chi connectivity index (χ0) is 15.5. The zero-order valence-electron chi connectivity index (χ0n) is 11.9. The molecule has 0 spiro atoms. The van der Waals surface area contributed by atoms with E-state index in [1.165, 1.54) is 37.7 Å². The average molecular weight is 328 g/mol. The molecule has 0 fully saturated rings. The third-order valence-electron chi connectivity index (χ3n) is 2.75. The number of hydrogen-bond acceptors (Lipinski definition) is 6. The summed E-state index contributed by atoms with van der Waals surface area (Å²) in [5, 5.41) is 0.719. The first-order chi connectivity index (χ1) is 9.96. The van der Waals surface area contributed by atoms with Crippen molar-refractivity contribution < 1.29 is 17.9 Å². The van der Waals surface area contributed by atoms with Crippen molar-refractivity contribution >= 4 is 21.4 Å². The second-order valence-electron chi connectivity index (χ2n) is 4.21. The van der Waals surface area contributed by atoms with Crippen molar-refractivity contribution in [2.24, 2.45) is 0 Å². The largest absolute Gasteiger partial charge is 0.493 e. The molecule has 114 valence electrons. The van der Waals surface area contributed by atoms with E-state index in [0.717, 1.165) is 9.88 Å². The monoisotopic (exact) mass is 328 g/mol. The third-order valence-corrected chi connectivity index (χ3v) is 5.06. The summed E-state index contributed by atoms with van der Waals surface area (Å²) in [6.45, 7) is 2.08. The van der Waals surface area contributed by atoms with Crippen LogP contribution in [-0.2, 0) is 16.6 Å². The molecule has 1 heterocycles. The van der Waals surface area contributed by atoms with Crippen LogP contribution in [0.4, 0.5) is 0 Å². The van der Waals surface area contributed by atoms with Gasteiger partial charge >= 0.3 is 0 Å². The Morgan fingerprint density at radius 3 is 2.52 bits per heavy atom. The Bertz CT molecular complexity index is 726. The number of thiazole rings is 1. The van der Waals surface area contributed by atoms with Crippen LogP contribution in [0.5, 0.6) is 11.5 Å². The van der Waals surface area contributed by atoms with Crippen LogP contribution in [-0.4, -0.2) is 27.6 Å².